The van der Waals surface area contributed by atoms with Crippen LogP contribution in [0.1, 0.15) is 97.0 Å². The zero-order chi connectivity index (χ0) is 79.0. The number of aliphatic hydroxyl groups excluding tert-OH is 1. The molecular formula is C97H92Ir3N5O2-5. The largest absolute Gasteiger partial charge is 0.512 e. The molecule has 0 aliphatic heterocycles. The van der Waals surface area contributed by atoms with Crippen molar-refractivity contribution in [2.45, 2.75) is 96.3 Å². The molecule has 14 aromatic rings. The molecule has 9 aromatic carbocycles. The Labute approximate surface area is 684 Å². The standard InChI is InChI=1S/C27H26N.C18H14N.C17H12N.2C12H10N.C11H20O2.3Ir/c1-18(2)12-23-17-27(24-14-19(3)13-20(4)15-24)28-26-11-10-22(16-25(23)26)21-8-6-5-7-9-21;1-14-10-11-18(19-13-14)17-9-5-8-16(12-17)15-6-3-2-4-7-15;1-3-7-14(8-4-1)16-11-12-17(18-13-16)15-9-5-2-6-10-15;2*1-10-7-8-12(13-9-10)11-5-3-2-4-6-11;1-10(2,3)8(12)7-9(13)11(4,5)6;;;/h5-11,13-14,16-18H,12H2,1-4H3;2-8,10-13H,1H3;1-9,11-13H;2*2-5,7-9H,1H3;7,12H,1-6H3;;;/q5*-1;;;;/i;1D3;;1D3;;;;;. The molecule has 1 N–H and O–H groups in total. The van der Waals surface area contributed by atoms with Gasteiger partial charge in [0.05, 0.1) is 5.52 Å². The maximum absolute atomic E-state index is 11.5. The normalized spacial score (nSPS) is 11.8. The molecule has 549 valence electrons. The summed E-state index contributed by atoms with van der Waals surface area (Å²) in [5, 5.41) is 10.8. The van der Waals surface area contributed by atoms with Crippen molar-refractivity contribution < 1.29 is 78.4 Å². The first kappa shape index (κ1) is 76.8. The molecule has 0 unspecified atom stereocenters. The number of carbonyl (C=O) groups excluding carboxylic acids is 1. The van der Waals surface area contributed by atoms with E-state index in [0.29, 0.717) is 11.6 Å². The van der Waals surface area contributed by atoms with E-state index in [1.54, 1.807) is 30.3 Å². The van der Waals surface area contributed by atoms with E-state index in [2.05, 4.69) is 169 Å². The summed E-state index contributed by atoms with van der Waals surface area (Å²) in [6.45, 7) is 17.7. The molecule has 0 saturated heterocycles. The van der Waals surface area contributed by atoms with Crippen LogP contribution in [0.25, 0.3) is 101 Å². The summed E-state index contributed by atoms with van der Waals surface area (Å²) < 4.78 is 43.8. The minimum atomic E-state index is -2.12. The van der Waals surface area contributed by atoms with E-state index in [-0.39, 0.29) is 88.4 Å². The van der Waals surface area contributed by atoms with Crippen LogP contribution >= 0.6 is 0 Å². The van der Waals surface area contributed by atoms with Gasteiger partial charge in [0, 0.05) is 116 Å². The Kier molecular flexibility index (Phi) is 30.5. The van der Waals surface area contributed by atoms with Crippen molar-refractivity contribution in [2.75, 3.05) is 0 Å². The molecule has 0 fully saturated rings. The second kappa shape index (κ2) is 42.5. The van der Waals surface area contributed by atoms with Gasteiger partial charge >= 0.3 is 0 Å². The van der Waals surface area contributed by atoms with Crippen LogP contribution in [0, 0.1) is 81.6 Å². The molecule has 3 radical (unpaired) electrons. The van der Waals surface area contributed by atoms with E-state index in [4.69, 9.17) is 13.2 Å². The van der Waals surface area contributed by atoms with Crippen molar-refractivity contribution in [1.82, 2.24) is 24.9 Å². The number of aromatic nitrogens is 5. The summed E-state index contributed by atoms with van der Waals surface area (Å²) >= 11 is 0. The molecule has 0 atom stereocenters. The Bertz CT molecular complexity index is 5170. The zero-order valence-electron chi connectivity index (χ0n) is 68.2. The van der Waals surface area contributed by atoms with E-state index < -0.39 is 19.1 Å². The third kappa shape index (κ3) is 27.2. The predicted molar refractivity (Wildman–Crippen MR) is 433 cm³/mol. The molecule has 0 amide bonds. The Morgan fingerprint density at radius 3 is 1.25 bits per heavy atom. The van der Waals surface area contributed by atoms with Gasteiger partial charge in [-0.3, -0.25) is 9.78 Å². The molecular weight excluding hydrogens is 1840 g/mol. The number of allylic oxidation sites excluding steroid dienone is 2. The topological polar surface area (TPSA) is 102 Å². The number of fused-ring (bicyclic) bond motifs is 1. The molecule has 0 aliphatic carbocycles. The number of benzene rings is 9. The van der Waals surface area contributed by atoms with Gasteiger partial charge in [-0.2, -0.15) is 0 Å². The first-order chi connectivity index (χ1) is 52.4. The summed E-state index contributed by atoms with van der Waals surface area (Å²) in [4.78, 5) is 33.7. The van der Waals surface area contributed by atoms with Crippen LogP contribution < -0.4 is 0 Å². The average molecular weight is 1940 g/mol. The molecule has 5 aromatic heterocycles. The summed E-state index contributed by atoms with van der Waals surface area (Å²) in [6, 6.07) is 104. The Morgan fingerprint density at radius 1 is 0.411 bits per heavy atom. The molecule has 0 spiro atoms. The van der Waals surface area contributed by atoms with Gasteiger partial charge in [0.2, 0.25) is 0 Å². The quantitative estimate of drug-likeness (QED) is 0.0782. The number of hydrogen-bond donors (Lipinski definition) is 1. The van der Waals surface area contributed by atoms with Crippen molar-refractivity contribution in [3.05, 3.63) is 367 Å². The van der Waals surface area contributed by atoms with E-state index in [9.17, 15) is 9.90 Å². The minimum absolute atomic E-state index is 0. The summed E-state index contributed by atoms with van der Waals surface area (Å²) in [7, 11) is 0. The second-order valence-corrected chi connectivity index (χ2v) is 27.6. The molecule has 0 bridgehead atoms. The third-order valence-corrected chi connectivity index (χ3v) is 16.3. The van der Waals surface area contributed by atoms with Crippen LogP contribution in [0.15, 0.2) is 304 Å². The van der Waals surface area contributed by atoms with E-state index in [1.807, 2.05) is 206 Å². The van der Waals surface area contributed by atoms with Crippen molar-refractivity contribution >= 4 is 16.7 Å². The second-order valence-electron chi connectivity index (χ2n) is 27.6. The molecule has 14 rings (SSSR count). The molecule has 107 heavy (non-hydrogen) atoms. The fraction of sp³-hybridized carbons (Fsp3) is 0.175. The number of aliphatic hydroxyl groups is 1. The van der Waals surface area contributed by atoms with Gasteiger partial charge in [-0.05, 0) is 124 Å². The van der Waals surface area contributed by atoms with Crippen LogP contribution in [0.5, 0.6) is 0 Å². The molecule has 10 heteroatoms. The van der Waals surface area contributed by atoms with Gasteiger partial charge < -0.3 is 25.0 Å². The van der Waals surface area contributed by atoms with Crippen LogP contribution in [0.3, 0.4) is 0 Å². The Hall–Kier alpha value is -9.85. The smallest absolute Gasteiger partial charge is 0.164 e. The van der Waals surface area contributed by atoms with Gasteiger partial charge in [-0.1, -0.05) is 221 Å². The summed E-state index contributed by atoms with van der Waals surface area (Å²) in [5.41, 5.74) is 22.0. The molecule has 7 nitrogen and oxygen atoms in total. The fourth-order valence-electron chi connectivity index (χ4n) is 10.6. The number of aryl methyl sites for hydroxylation is 5. The van der Waals surface area contributed by atoms with Gasteiger partial charge in [-0.25, -0.2) is 0 Å². The summed E-state index contributed by atoms with van der Waals surface area (Å²) in [5.74, 6) is 0.689. The molecule has 5 heterocycles. The van der Waals surface area contributed by atoms with Crippen molar-refractivity contribution in [3.8, 4) is 89.7 Å². The third-order valence-electron chi connectivity index (χ3n) is 16.3. The van der Waals surface area contributed by atoms with Gasteiger partial charge in [0.15, 0.2) is 5.78 Å². The zero-order valence-corrected chi connectivity index (χ0v) is 69.4. The summed E-state index contributed by atoms with van der Waals surface area (Å²) in [6.07, 6.45) is 8.95. The maximum Gasteiger partial charge on any atom is 0.164 e. The number of rotatable bonds is 11. The fourth-order valence-corrected chi connectivity index (χ4v) is 10.6. The minimum Gasteiger partial charge on any atom is -0.512 e. The van der Waals surface area contributed by atoms with Gasteiger partial charge in [-0.15, -0.1) is 178 Å². The maximum atomic E-state index is 11.5. The average Bonchev–Trinajstić information content (AvgIpc) is 0.776. The monoisotopic (exact) mass is 1940 g/mol. The number of hydrogen-bond acceptors (Lipinski definition) is 7. The SMILES string of the molecule is CC(C)(C)C(=O)C=C(O)C(C)(C)C.Cc1[c-]c(-c2cc(CC(C)C)c3cc(-c4ccccc4)ccc3n2)cc(C)c1.Cc1ccc(-c2[c-]cccc2)nc1.[2H]C([2H])([2H])c1ccc(-c2[c-]ccc(-c3ccccc3)c2)nc1.[2H]C([2H])([2H])c1ccc(-c2[c-]cccc2)nc1.[Ir].[Ir].[Ir].[c-]1ccccc1-c1ccc(-c2ccccc2)cn1. The first-order valence-corrected chi connectivity index (χ1v) is 34.8. The van der Waals surface area contributed by atoms with E-state index in [1.165, 1.54) is 57.2 Å². The van der Waals surface area contributed by atoms with Crippen LogP contribution in [0.2, 0.25) is 0 Å². The number of ketones is 1. The van der Waals surface area contributed by atoms with E-state index in [0.717, 1.165) is 84.8 Å². The van der Waals surface area contributed by atoms with Crippen LogP contribution in [-0.4, -0.2) is 35.8 Å². The predicted octanol–water partition coefficient (Wildman–Crippen LogP) is 24.7. The molecule has 0 aliphatic rings. The van der Waals surface area contributed by atoms with Crippen LogP contribution in [-0.2, 0) is 71.5 Å². The molecule has 0 saturated carbocycles. The van der Waals surface area contributed by atoms with E-state index >= 15 is 0 Å². The number of carbonyl (C=O) groups is 1. The number of nitrogens with zero attached hydrogens (tertiary/aromatic N) is 5. The van der Waals surface area contributed by atoms with Gasteiger partial charge in [0.25, 0.3) is 0 Å². The van der Waals surface area contributed by atoms with Crippen molar-refractivity contribution in [3.63, 3.8) is 0 Å². The number of pyridine rings is 5. The van der Waals surface area contributed by atoms with Crippen LogP contribution in [0.4, 0.5) is 0 Å². The van der Waals surface area contributed by atoms with Crippen molar-refractivity contribution in [2.24, 2.45) is 16.7 Å². The Morgan fingerprint density at radius 2 is 0.841 bits per heavy atom. The Balaban J connectivity index is 0.000000215. The van der Waals surface area contributed by atoms with Crippen molar-refractivity contribution in [1.29, 1.82) is 0 Å². The van der Waals surface area contributed by atoms with Gasteiger partial charge in [0.1, 0.15) is 5.76 Å². The first-order valence-electron chi connectivity index (χ1n) is 37.8.